The topological polar surface area (TPSA) is 57.3 Å². The van der Waals surface area contributed by atoms with Crippen molar-refractivity contribution in [1.82, 2.24) is 15.2 Å². The van der Waals surface area contributed by atoms with Gasteiger partial charge in [-0.25, -0.2) is 4.98 Å². The minimum absolute atomic E-state index is 0.0541. The largest absolute Gasteiger partial charge is 0.373 e. The molecule has 6 heteroatoms. The number of carbonyl (C=O) groups excluding carboxylic acids is 1. The molecule has 0 aromatic carbocycles. The number of carbonyl (C=O) groups is 1. The molecule has 0 aliphatic carbocycles. The van der Waals surface area contributed by atoms with E-state index in [2.05, 4.69) is 20.5 Å². The summed E-state index contributed by atoms with van der Waals surface area (Å²) in [4.78, 5) is 18.4. The highest BCUT2D eigenvalue weighted by atomic mass is 32.2. The predicted octanol–water partition coefficient (Wildman–Crippen LogP) is 0.902. The minimum atomic E-state index is -0.0541. The summed E-state index contributed by atoms with van der Waals surface area (Å²) in [6, 6.07) is 3.59. The Labute approximate surface area is 118 Å². The van der Waals surface area contributed by atoms with Crippen molar-refractivity contribution >= 4 is 23.5 Å². The Bertz CT molecular complexity index is 404. The molecule has 1 aromatic heterocycles. The number of hydrogen-bond donors (Lipinski definition) is 2. The monoisotopic (exact) mass is 280 g/mol. The van der Waals surface area contributed by atoms with Gasteiger partial charge >= 0.3 is 0 Å². The average Bonchev–Trinajstić information content (AvgIpc) is 2.48. The predicted molar refractivity (Wildman–Crippen MR) is 79.9 cm³/mol. The van der Waals surface area contributed by atoms with Crippen molar-refractivity contribution in [2.24, 2.45) is 0 Å². The zero-order valence-electron chi connectivity index (χ0n) is 11.2. The Morgan fingerprint density at radius 1 is 1.42 bits per heavy atom. The fraction of sp³-hybridized carbons (Fsp3) is 0.538. The molecule has 1 amide bonds. The smallest absolute Gasteiger partial charge is 0.252 e. The summed E-state index contributed by atoms with van der Waals surface area (Å²) in [5.41, 5.74) is 0.605. The number of aromatic nitrogens is 1. The molecule has 1 aliphatic rings. The fourth-order valence-corrected chi connectivity index (χ4v) is 2.91. The van der Waals surface area contributed by atoms with E-state index >= 15 is 0 Å². The van der Waals surface area contributed by atoms with Crippen molar-refractivity contribution in [3.63, 3.8) is 0 Å². The first-order valence-corrected chi connectivity index (χ1v) is 7.67. The van der Waals surface area contributed by atoms with Crippen LogP contribution < -0.4 is 10.6 Å². The maximum atomic E-state index is 11.9. The average molecular weight is 280 g/mol. The van der Waals surface area contributed by atoms with E-state index in [0.717, 1.165) is 25.5 Å². The normalized spacial score (nSPS) is 16.1. The van der Waals surface area contributed by atoms with Crippen LogP contribution in [-0.4, -0.2) is 60.5 Å². The highest BCUT2D eigenvalue weighted by molar-refractivity contribution is 7.99. The van der Waals surface area contributed by atoms with E-state index in [1.165, 1.54) is 11.5 Å². The lowest BCUT2D eigenvalue weighted by Crippen LogP contribution is -2.39. The molecule has 0 radical (unpaired) electrons. The van der Waals surface area contributed by atoms with Crippen LogP contribution >= 0.6 is 11.8 Å². The number of pyridine rings is 1. The Balaban J connectivity index is 1.73. The summed E-state index contributed by atoms with van der Waals surface area (Å²) in [6.07, 6.45) is 1.60. The molecule has 5 nitrogen and oxygen atoms in total. The van der Waals surface area contributed by atoms with Crippen LogP contribution in [0.3, 0.4) is 0 Å². The quantitative estimate of drug-likeness (QED) is 0.839. The number of anilines is 1. The van der Waals surface area contributed by atoms with Crippen LogP contribution in [0.1, 0.15) is 10.4 Å². The molecule has 0 unspecified atom stereocenters. The molecule has 2 N–H and O–H groups in total. The molecule has 0 saturated carbocycles. The maximum absolute atomic E-state index is 11.9. The lowest BCUT2D eigenvalue weighted by atomic mass is 10.2. The number of amides is 1. The molecule has 19 heavy (non-hydrogen) atoms. The Hall–Kier alpha value is -1.27. The second-order valence-electron chi connectivity index (χ2n) is 4.39. The molecule has 1 saturated heterocycles. The van der Waals surface area contributed by atoms with Gasteiger partial charge in [-0.1, -0.05) is 0 Å². The van der Waals surface area contributed by atoms with Gasteiger partial charge in [0.15, 0.2) is 0 Å². The van der Waals surface area contributed by atoms with Crippen LogP contribution in [0.5, 0.6) is 0 Å². The van der Waals surface area contributed by atoms with E-state index in [-0.39, 0.29) is 5.91 Å². The van der Waals surface area contributed by atoms with Crippen LogP contribution in [0.15, 0.2) is 18.3 Å². The number of hydrogen-bond acceptors (Lipinski definition) is 5. The van der Waals surface area contributed by atoms with Gasteiger partial charge in [-0.05, 0) is 12.1 Å². The van der Waals surface area contributed by atoms with E-state index in [9.17, 15) is 4.79 Å². The van der Waals surface area contributed by atoms with Crippen molar-refractivity contribution in [2.45, 2.75) is 0 Å². The summed E-state index contributed by atoms with van der Waals surface area (Å²) in [6.45, 7) is 3.86. The minimum Gasteiger partial charge on any atom is -0.373 e. The molecule has 1 fully saturated rings. The zero-order chi connectivity index (χ0) is 13.5. The second kappa shape index (κ2) is 7.35. The number of rotatable bonds is 5. The van der Waals surface area contributed by atoms with Gasteiger partial charge in [0, 0.05) is 50.9 Å². The number of thioether (sulfide) groups is 1. The van der Waals surface area contributed by atoms with E-state index < -0.39 is 0 Å². The third-order valence-corrected chi connectivity index (χ3v) is 4.04. The molecular weight excluding hydrogens is 260 g/mol. The molecule has 0 bridgehead atoms. The highest BCUT2D eigenvalue weighted by Gasteiger charge is 2.10. The third-order valence-electron chi connectivity index (χ3n) is 3.10. The van der Waals surface area contributed by atoms with E-state index in [4.69, 9.17) is 0 Å². The lowest BCUT2D eigenvalue weighted by Gasteiger charge is -2.25. The van der Waals surface area contributed by atoms with Crippen LogP contribution in [-0.2, 0) is 0 Å². The fourth-order valence-electron chi connectivity index (χ4n) is 1.93. The molecule has 2 heterocycles. The summed E-state index contributed by atoms with van der Waals surface area (Å²) in [5, 5.41) is 5.86. The Morgan fingerprint density at radius 2 is 2.21 bits per heavy atom. The van der Waals surface area contributed by atoms with Crippen molar-refractivity contribution in [3.8, 4) is 0 Å². The van der Waals surface area contributed by atoms with Crippen molar-refractivity contribution in [2.75, 3.05) is 50.0 Å². The first kappa shape index (κ1) is 14.1. The standard InChI is InChI=1S/C13H20N4OS/c1-14-12-3-2-11(10-16-12)13(18)15-4-5-17-6-8-19-9-7-17/h2-3,10H,4-9H2,1H3,(H,14,16)(H,15,18). The van der Waals surface area contributed by atoms with Gasteiger partial charge in [0.1, 0.15) is 5.82 Å². The molecule has 0 atom stereocenters. The van der Waals surface area contributed by atoms with Crippen LogP contribution in [0.4, 0.5) is 5.82 Å². The van der Waals surface area contributed by atoms with Crippen LogP contribution in [0.2, 0.25) is 0 Å². The van der Waals surface area contributed by atoms with Gasteiger partial charge in [0.05, 0.1) is 5.56 Å². The third kappa shape index (κ3) is 4.40. The summed E-state index contributed by atoms with van der Waals surface area (Å²) < 4.78 is 0. The van der Waals surface area contributed by atoms with E-state index in [1.54, 1.807) is 25.4 Å². The highest BCUT2D eigenvalue weighted by Crippen LogP contribution is 2.08. The van der Waals surface area contributed by atoms with Gasteiger partial charge < -0.3 is 10.6 Å². The van der Waals surface area contributed by atoms with Crippen molar-refractivity contribution < 1.29 is 4.79 Å². The first-order chi connectivity index (χ1) is 9.29. The molecular formula is C13H20N4OS. The van der Waals surface area contributed by atoms with Gasteiger partial charge in [0.25, 0.3) is 5.91 Å². The Morgan fingerprint density at radius 3 is 2.84 bits per heavy atom. The molecule has 104 valence electrons. The molecule has 1 aliphatic heterocycles. The second-order valence-corrected chi connectivity index (χ2v) is 5.62. The number of nitrogens with zero attached hydrogens (tertiary/aromatic N) is 2. The summed E-state index contributed by atoms with van der Waals surface area (Å²) in [7, 11) is 1.80. The summed E-state index contributed by atoms with van der Waals surface area (Å²) in [5.74, 6) is 3.11. The zero-order valence-corrected chi connectivity index (χ0v) is 12.0. The van der Waals surface area contributed by atoms with Crippen LogP contribution in [0.25, 0.3) is 0 Å². The van der Waals surface area contributed by atoms with Gasteiger partial charge in [-0.2, -0.15) is 11.8 Å². The van der Waals surface area contributed by atoms with Gasteiger partial charge in [-0.3, -0.25) is 9.69 Å². The van der Waals surface area contributed by atoms with Gasteiger partial charge in [0.2, 0.25) is 0 Å². The summed E-state index contributed by atoms with van der Waals surface area (Å²) >= 11 is 2.00. The van der Waals surface area contributed by atoms with Crippen LogP contribution in [0, 0.1) is 0 Å². The maximum Gasteiger partial charge on any atom is 0.252 e. The van der Waals surface area contributed by atoms with E-state index in [0.29, 0.717) is 12.1 Å². The van der Waals surface area contributed by atoms with Crippen molar-refractivity contribution in [1.29, 1.82) is 0 Å². The van der Waals surface area contributed by atoms with Gasteiger partial charge in [-0.15, -0.1) is 0 Å². The molecule has 2 rings (SSSR count). The SMILES string of the molecule is CNc1ccc(C(=O)NCCN2CCSCC2)cn1. The Kier molecular flexibility index (Phi) is 5.47. The molecule has 0 spiro atoms. The molecule has 1 aromatic rings. The first-order valence-electron chi connectivity index (χ1n) is 6.51. The number of nitrogens with one attached hydrogen (secondary N) is 2. The van der Waals surface area contributed by atoms with Crippen molar-refractivity contribution in [3.05, 3.63) is 23.9 Å². The lowest BCUT2D eigenvalue weighted by molar-refractivity contribution is 0.0948. The van der Waals surface area contributed by atoms with E-state index in [1.807, 2.05) is 11.8 Å².